The molecule has 0 aliphatic heterocycles. The molecule has 0 atom stereocenters. The monoisotopic (exact) mass is 508 g/mol. The normalized spacial score (nSPS) is 18.2. The number of carbonyl (C=O) groups excluding carboxylic acids is 1. The van der Waals surface area contributed by atoms with Gasteiger partial charge in [-0.2, -0.15) is 5.11 Å². The highest BCUT2D eigenvalue weighted by molar-refractivity contribution is 7.20. The molecule has 1 heterocycles. The third-order valence-electron chi connectivity index (χ3n) is 6.61. The van der Waals surface area contributed by atoms with Crippen LogP contribution in [0.15, 0.2) is 117 Å². The lowest BCUT2D eigenvalue weighted by atomic mass is 9.71. The Labute approximate surface area is 225 Å². The topological polar surface area (TPSA) is 41.8 Å². The van der Waals surface area contributed by atoms with Gasteiger partial charge in [0.1, 0.15) is 5.70 Å². The van der Waals surface area contributed by atoms with Gasteiger partial charge in [-0.15, -0.1) is 16.5 Å². The zero-order valence-electron chi connectivity index (χ0n) is 23.0. The molecule has 1 aromatic heterocycles. The molecule has 2 aliphatic rings. The van der Waals surface area contributed by atoms with Crippen molar-refractivity contribution in [3.8, 4) is 0 Å². The lowest BCUT2D eigenvalue weighted by molar-refractivity contribution is -0.114. The van der Waals surface area contributed by atoms with Crippen LogP contribution in [0.3, 0.4) is 0 Å². The maximum absolute atomic E-state index is 13.6. The Morgan fingerprint density at radius 1 is 0.973 bits per heavy atom. The van der Waals surface area contributed by atoms with E-state index in [9.17, 15) is 4.79 Å². The first-order valence-electron chi connectivity index (χ1n) is 12.7. The molecular formula is C33H36N2OS. The Balaban J connectivity index is 1.98. The van der Waals surface area contributed by atoms with Crippen LogP contribution >= 0.6 is 11.3 Å². The summed E-state index contributed by atoms with van der Waals surface area (Å²) in [5.41, 5.74) is 5.73. The summed E-state index contributed by atoms with van der Waals surface area (Å²) in [6.45, 7) is 18.6. The van der Waals surface area contributed by atoms with Crippen molar-refractivity contribution in [2.45, 2.75) is 54.9 Å². The number of hydrogen-bond donors (Lipinski definition) is 0. The second kappa shape index (κ2) is 10.2. The second-order valence-corrected chi connectivity index (χ2v) is 12.8. The van der Waals surface area contributed by atoms with Gasteiger partial charge < -0.3 is 0 Å². The number of ketones is 1. The number of carbonyl (C=O) groups is 1. The van der Waals surface area contributed by atoms with Crippen molar-refractivity contribution in [1.29, 1.82) is 0 Å². The van der Waals surface area contributed by atoms with Gasteiger partial charge in [0, 0.05) is 21.4 Å². The highest BCUT2D eigenvalue weighted by atomic mass is 32.1. The predicted octanol–water partition coefficient (Wildman–Crippen LogP) is 9.94. The van der Waals surface area contributed by atoms with Crippen LogP contribution in [0.25, 0.3) is 15.8 Å². The molecule has 0 saturated heterocycles. The summed E-state index contributed by atoms with van der Waals surface area (Å²) >= 11 is 1.69. The number of hydrogen-bond acceptors (Lipinski definition) is 4. The summed E-state index contributed by atoms with van der Waals surface area (Å²) in [4.78, 5) is 14.6. The minimum Gasteiger partial charge on any atom is -0.289 e. The molecule has 0 bridgehead atoms. The molecule has 0 N–H and O–H groups in total. The zero-order valence-corrected chi connectivity index (χ0v) is 23.8. The number of azo groups is 1. The molecule has 0 unspecified atom stereocenters. The molecule has 3 nitrogen and oxygen atoms in total. The molecule has 37 heavy (non-hydrogen) atoms. The molecule has 4 rings (SSSR count). The van der Waals surface area contributed by atoms with E-state index in [0.29, 0.717) is 0 Å². The molecule has 4 heteroatoms. The zero-order chi connectivity index (χ0) is 27.0. The van der Waals surface area contributed by atoms with Gasteiger partial charge in [0.05, 0.1) is 10.6 Å². The van der Waals surface area contributed by atoms with Crippen LogP contribution < -0.4 is 0 Å². The smallest absolute Gasteiger partial charge is 0.186 e. The Hall–Kier alpha value is -3.37. The Kier molecular flexibility index (Phi) is 7.34. The lowest BCUT2D eigenvalue weighted by Gasteiger charge is -2.31. The van der Waals surface area contributed by atoms with E-state index in [0.717, 1.165) is 45.0 Å². The number of thiophene rings is 1. The molecule has 0 spiro atoms. The van der Waals surface area contributed by atoms with Gasteiger partial charge in [-0.1, -0.05) is 90.1 Å². The lowest BCUT2D eigenvalue weighted by Crippen LogP contribution is -2.28. The highest BCUT2D eigenvalue weighted by Gasteiger charge is 2.35. The van der Waals surface area contributed by atoms with E-state index in [1.807, 2.05) is 18.2 Å². The first kappa shape index (κ1) is 26.7. The van der Waals surface area contributed by atoms with Gasteiger partial charge >= 0.3 is 0 Å². The van der Waals surface area contributed by atoms with Crippen molar-refractivity contribution in [2.24, 2.45) is 21.1 Å². The van der Waals surface area contributed by atoms with Crippen molar-refractivity contribution in [1.82, 2.24) is 0 Å². The van der Waals surface area contributed by atoms with Gasteiger partial charge in [-0.05, 0) is 65.5 Å². The number of fused-ring (bicyclic) bond motifs is 1. The molecule has 0 amide bonds. The SMILES string of the molecule is C=C/C(N=NC(=C1C=C(C(C)(C)C)C(=O)C(C(C)(C)C)=C1)c1cc2ccccc2s1)=C1/C=CC(C)=CC1. The van der Waals surface area contributed by atoms with E-state index in [2.05, 4.69) is 97.5 Å². The number of nitrogens with zero attached hydrogens (tertiary/aromatic N) is 2. The molecule has 2 aromatic rings. The average molecular weight is 509 g/mol. The highest BCUT2D eigenvalue weighted by Crippen LogP contribution is 2.42. The Morgan fingerprint density at radius 3 is 2.16 bits per heavy atom. The summed E-state index contributed by atoms with van der Waals surface area (Å²) in [7, 11) is 0. The van der Waals surface area contributed by atoms with Gasteiger partial charge in [-0.3, -0.25) is 4.79 Å². The molecule has 0 radical (unpaired) electrons. The Bertz CT molecular complexity index is 1420. The van der Waals surface area contributed by atoms with E-state index in [1.165, 1.54) is 15.7 Å². The third-order valence-corrected chi connectivity index (χ3v) is 7.73. The maximum Gasteiger partial charge on any atom is 0.186 e. The molecule has 1 aromatic carbocycles. The summed E-state index contributed by atoms with van der Waals surface area (Å²) in [6, 6.07) is 10.5. The molecule has 0 saturated carbocycles. The molecular weight excluding hydrogens is 472 g/mol. The summed E-state index contributed by atoms with van der Waals surface area (Å²) in [5, 5.41) is 10.8. The second-order valence-electron chi connectivity index (χ2n) is 11.7. The molecule has 190 valence electrons. The van der Waals surface area contributed by atoms with E-state index in [1.54, 1.807) is 17.4 Å². The van der Waals surface area contributed by atoms with Crippen molar-refractivity contribution >= 4 is 32.9 Å². The minimum absolute atomic E-state index is 0.111. The van der Waals surface area contributed by atoms with Crippen molar-refractivity contribution in [3.63, 3.8) is 0 Å². The average Bonchev–Trinajstić information content (AvgIpc) is 3.25. The van der Waals surface area contributed by atoms with E-state index >= 15 is 0 Å². The van der Waals surface area contributed by atoms with Gasteiger partial charge in [0.2, 0.25) is 0 Å². The minimum atomic E-state index is -0.305. The first-order chi connectivity index (χ1) is 17.4. The van der Waals surface area contributed by atoms with Crippen LogP contribution in [-0.2, 0) is 4.79 Å². The number of allylic oxidation sites excluding steroid dienone is 11. The maximum atomic E-state index is 13.6. The van der Waals surface area contributed by atoms with E-state index < -0.39 is 0 Å². The van der Waals surface area contributed by atoms with Gasteiger partial charge in [-0.25, -0.2) is 0 Å². The third kappa shape index (κ3) is 5.80. The van der Waals surface area contributed by atoms with Crippen molar-refractivity contribution in [3.05, 3.63) is 112 Å². The van der Waals surface area contributed by atoms with Crippen LogP contribution in [0.5, 0.6) is 0 Å². The fourth-order valence-electron chi connectivity index (χ4n) is 4.40. The molecule has 2 aliphatic carbocycles. The number of Topliss-reactive ketones (excluding diaryl/α,β-unsaturated/α-hetero) is 1. The van der Waals surface area contributed by atoms with Gasteiger partial charge in [0.25, 0.3) is 0 Å². The van der Waals surface area contributed by atoms with Crippen molar-refractivity contribution < 1.29 is 4.79 Å². The Morgan fingerprint density at radius 2 is 1.62 bits per heavy atom. The quantitative estimate of drug-likeness (QED) is 0.379. The van der Waals surface area contributed by atoms with Crippen LogP contribution in [0.2, 0.25) is 0 Å². The van der Waals surface area contributed by atoms with Crippen LogP contribution in [0.4, 0.5) is 0 Å². The van der Waals surface area contributed by atoms with Crippen LogP contribution in [-0.4, -0.2) is 5.78 Å². The summed E-state index contributed by atoms with van der Waals surface area (Å²) in [5.74, 6) is 0.111. The summed E-state index contributed by atoms with van der Waals surface area (Å²) in [6.07, 6.45) is 13.0. The fourth-order valence-corrected chi connectivity index (χ4v) is 5.47. The first-order valence-corrected chi connectivity index (χ1v) is 13.5. The number of rotatable bonds is 4. The molecule has 0 fully saturated rings. The largest absolute Gasteiger partial charge is 0.289 e. The van der Waals surface area contributed by atoms with Crippen LogP contribution in [0.1, 0.15) is 59.8 Å². The fraction of sp³-hybridized carbons (Fsp3) is 0.303. The van der Waals surface area contributed by atoms with Crippen LogP contribution in [0, 0.1) is 10.8 Å². The predicted molar refractivity (Wildman–Crippen MR) is 158 cm³/mol. The van der Waals surface area contributed by atoms with Gasteiger partial charge in [0.15, 0.2) is 5.78 Å². The number of benzene rings is 1. The van der Waals surface area contributed by atoms with E-state index in [-0.39, 0.29) is 16.6 Å². The van der Waals surface area contributed by atoms with E-state index in [4.69, 9.17) is 10.2 Å². The van der Waals surface area contributed by atoms with Crippen molar-refractivity contribution in [2.75, 3.05) is 0 Å². The standard InChI is InChI=1S/C33H36N2OS/c1-9-27(22-16-14-21(2)15-17-22)34-35-30(29-20-23-12-10-11-13-28(23)37-29)24-18-25(32(3,4)5)31(36)26(19-24)33(6,7)8/h9-16,18-20H,1,17H2,2-8H3/b27-22+,35-34?. The summed E-state index contributed by atoms with van der Waals surface area (Å²) < 4.78 is 1.19.